The molecule has 0 radical (unpaired) electrons. The van der Waals surface area contributed by atoms with Crippen molar-refractivity contribution in [2.45, 2.75) is 12.1 Å². The van der Waals surface area contributed by atoms with Gasteiger partial charge in [0, 0.05) is 4.48 Å². The highest BCUT2D eigenvalue weighted by Gasteiger charge is 2.47. The average molecular weight is 274 g/mol. The van der Waals surface area contributed by atoms with Gasteiger partial charge >= 0.3 is 12.1 Å². The fourth-order valence-corrected chi connectivity index (χ4v) is 2.65. The van der Waals surface area contributed by atoms with E-state index >= 15 is 0 Å². The van der Waals surface area contributed by atoms with Crippen LogP contribution in [0.1, 0.15) is 0 Å². The predicted molar refractivity (Wildman–Crippen MR) is 54.5 cm³/mol. The van der Waals surface area contributed by atoms with Gasteiger partial charge in [-0.2, -0.15) is 0 Å². The zero-order valence-corrected chi connectivity index (χ0v) is 9.39. The molecular formula is C9H8BrNO4. The van der Waals surface area contributed by atoms with Crippen molar-refractivity contribution >= 4 is 28.0 Å². The first-order valence-electron chi connectivity index (χ1n) is 4.25. The van der Waals surface area contributed by atoms with E-state index in [1.807, 2.05) is 0 Å². The molecule has 2 aliphatic rings. The van der Waals surface area contributed by atoms with Crippen molar-refractivity contribution in [1.29, 1.82) is 0 Å². The van der Waals surface area contributed by atoms with Crippen molar-refractivity contribution in [3.63, 3.8) is 0 Å². The zero-order chi connectivity index (χ0) is 11.2. The summed E-state index contributed by atoms with van der Waals surface area (Å²) in [7, 11) is 1.27. The molecule has 2 bridgehead atoms. The maximum absolute atomic E-state index is 11.4. The van der Waals surface area contributed by atoms with Gasteiger partial charge in [0.1, 0.15) is 0 Å². The summed E-state index contributed by atoms with van der Waals surface area (Å²) in [6, 6.07) is -0.907. The molecular weight excluding hydrogens is 266 g/mol. The second-order valence-corrected chi connectivity index (χ2v) is 4.07. The van der Waals surface area contributed by atoms with Crippen molar-refractivity contribution in [1.82, 2.24) is 4.90 Å². The Morgan fingerprint density at radius 3 is 2.53 bits per heavy atom. The first-order valence-corrected chi connectivity index (χ1v) is 5.04. The Labute approximate surface area is 94.1 Å². The molecule has 0 saturated heterocycles. The van der Waals surface area contributed by atoms with Crippen LogP contribution in [0.3, 0.4) is 0 Å². The number of fused-ring (bicyclic) bond motifs is 2. The lowest BCUT2D eigenvalue weighted by Gasteiger charge is -2.19. The molecule has 0 saturated carbocycles. The van der Waals surface area contributed by atoms with Gasteiger partial charge in [0.15, 0.2) is 0 Å². The third kappa shape index (κ3) is 1.28. The van der Waals surface area contributed by atoms with Gasteiger partial charge in [0.2, 0.25) is 0 Å². The molecule has 5 nitrogen and oxygen atoms in total. The smallest absolute Gasteiger partial charge is 0.408 e. The Hall–Kier alpha value is -1.30. The number of amides is 1. The van der Waals surface area contributed by atoms with Gasteiger partial charge in [0.25, 0.3) is 0 Å². The first kappa shape index (κ1) is 10.2. The van der Waals surface area contributed by atoms with E-state index in [1.54, 1.807) is 12.2 Å². The van der Waals surface area contributed by atoms with E-state index in [1.165, 1.54) is 12.0 Å². The highest BCUT2D eigenvalue weighted by molar-refractivity contribution is 9.11. The minimum Gasteiger partial charge on any atom is -0.466 e. The Balaban J connectivity index is 2.37. The summed E-state index contributed by atoms with van der Waals surface area (Å²) in [5.41, 5.74) is 0.368. The quantitative estimate of drug-likeness (QED) is 0.574. The highest BCUT2D eigenvalue weighted by Crippen LogP contribution is 2.40. The van der Waals surface area contributed by atoms with E-state index in [9.17, 15) is 9.59 Å². The summed E-state index contributed by atoms with van der Waals surface area (Å²) in [4.78, 5) is 23.6. The van der Waals surface area contributed by atoms with Crippen LogP contribution in [0.15, 0.2) is 22.2 Å². The number of rotatable bonds is 1. The highest BCUT2D eigenvalue weighted by atomic mass is 79.9. The monoisotopic (exact) mass is 273 g/mol. The van der Waals surface area contributed by atoms with E-state index < -0.39 is 18.1 Å². The lowest BCUT2D eigenvalue weighted by molar-refractivity contribution is -0.136. The Bertz CT molecular complexity index is 401. The van der Waals surface area contributed by atoms with Crippen molar-refractivity contribution in [3.8, 4) is 0 Å². The summed E-state index contributed by atoms with van der Waals surface area (Å²) in [5, 5.41) is 8.97. The van der Waals surface area contributed by atoms with Crippen LogP contribution < -0.4 is 0 Å². The van der Waals surface area contributed by atoms with Gasteiger partial charge in [-0.05, 0) is 0 Å². The molecule has 15 heavy (non-hydrogen) atoms. The van der Waals surface area contributed by atoms with Crippen LogP contribution in [0.4, 0.5) is 4.79 Å². The zero-order valence-electron chi connectivity index (χ0n) is 7.81. The standard InChI is InChI=1S/C9H8BrNO4/c1-15-8(12)6-4-2-3-5(7(6)10)11(4)9(13)14/h2-5H,1H3,(H,13,14). The van der Waals surface area contributed by atoms with Gasteiger partial charge in [0.05, 0.1) is 24.8 Å². The van der Waals surface area contributed by atoms with Crippen LogP contribution in [-0.4, -0.2) is 41.3 Å². The molecule has 2 unspecified atom stereocenters. The maximum Gasteiger partial charge on any atom is 0.408 e. The second-order valence-electron chi connectivity index (χ2n) is 3.22. The minimum absolute atomic E-state index is 0.368. The van der Waals surface area contributed by atoms with Gasteiger partial charge in [-0.3, -0.25) is 4.90 Å². The lowest BCUT2D eigenvalue weighted by Crippen LogP contribution is -2.37. The number of methoxy groups -OCH3 is 1. The molecule has 6 heteroatoms. The molecule has 2 heterocycles. The minimum atomic E-state index is -1.05. The van der Waals surface area contributed by atoms with E-state index in [2.05, 4.69) is 20.7 Å². The van der Waals surface area contributed by atoms with Gasteiger partial charge < -0.3 is 9.84 Å². The van der Waals surface area contributed by atoms with Crippen LogP contribution in [-0.2, 0) is 9.53 Å². The van der Waals surface area contributed by atoms with Crippen molar-refractivity contribution in [2.24, 2.45) is 0 Å². The average Bonchev–Trinajstić information content (AvgIpc) is 2.72. The predicted octanol–water partition coefficient (Wildman–Crippen LogP) is 1.11. The van der Waals surface area contributed by atoms with E-state index in [0.717, 1.165) is 0 Å². The summed E-state index contributed by atoms with van der Waals surface area (Å²) in [5.74, 6) is -0.495. The van der Waals surface area contributed by atoms with E-state index in [0.29, 0.717) is 10.1 Å². The van der Waals surface area contributed by atoms with Gasteiger partial charge in [-0.25, -0.2) is 9.59 Å². The van der Waals surface area contributed by atoms with E-state index in [4.69, 9.17) is 5.11 Å². The summed E-state index contributed by atoms with van der Waals surface area (Å²) >= 11 is 3.23. The number of carbonyl (C=O) groups excluding carboxylic acids is 1. The Kier molecular flexibility index (Phi) is 2.30. The fraction of sp³-hybridized carbons (Fsp3) is 0.333. The number of ether oxygens (including phenoxy) is 1. The Morgan fingerprint density at radius 1 is 1.47 bits per heavy atom. The first-order chi connectivity index (χ1) is 7.07. The molecule has 1 N–H and O–H groups in total. The molecule has 0 aromatic heterocycles. The molecule has 0 fully saturated rings. The topological polar surface area (TPSA) is 66.8 Å². The molecule has 1 amide bonds. The van der Waals surface area contributed by atoms with Crippen molar-refractivity contribution in [2.75, 3.05) is 7.11 Å². The molecule has 2 atom stereocenters. The number of hydrogen-bond acceptors (Lipinski definition) is 3. The normalized spacial score (nSPS) is 27.5. The van der Waals surface area contributed by atoms with Gasteiger partial charge in [-0.15, -0.1) is 0 Å². The molecule has 2 aliphatic heterocycles. The number of carboxylic acid groups (broad SMARTS) is 1. The van der Waals surface area contributed by atoms with Crippen LogP contribution in [0, 0.1) is 0 Å². The van der Waals surface area contributed by atoms with Crippen molar-refractivity contribution < 1.29 is 19.4 Å². The molecule has 2 rings (SSSR count). The fourth-order valence-electron chi connectivity index (χ4n) is 1.88. The summed E-state index contributed by atoms with van der Waals surface area (Å²) < 4.78 is 5.18. The number of halogens is 1. The third-order valence-corrected chi connectivity index (χ3v) is 3.41. The molecule has 0 aliphatic carbocycles. The number of esters is 1. The summed E-state index contributed by atoms with van der Waals surface area (Å²) in [6.45, 7) is 0. The number of nitrogens with zero attached hydrogens (tertiary/aromatic N) is 1. The molecule has 0 spiro atoms. The largest absolute Gasteiger partial charge is 0.466 e. The van der Waals surface area contributed by atoms with Crippen LogP contribution >= 0.6 is 15.9 Å². The summed E-state index contributed by atoms with van der Waals surface area (Å²) in [6.07, 6.45) is 2.39. The molecule has 0 aromatic rings. The third-order valence-electron chi connectivity index (χ3n) is 2.51. The Morgan fingerprint density at radius 2 is 2.07 bits per heavy atom. The van der Waals surface area contributed by atoms with Gasteiger partial charge in [-0.1, -0.05) is 28.1 Å². The van der Waals surface area contributed by atoms with Crippen molar-refractivity contribution in [3.05, 3.63) is 22.2 Å². The van der Waals surface area contributed by atoms with Crippen LogP contribution in [0.2, 0.25) is 0 Å². The molecule has 0 aromatic carbocycles. The van der Waals surface area contributed by atoms with Crippen LogP contribution in [0.25, 0.3) is 0 Å². The van der Waals surface area contributed by atoms with Crippen LogP contribution in [0.5, 0.6) is 0 Å². The number of hydrogen-bond donors (Lipinski definition) is 1. The maximum atomic E-state index is 11.4. The second kappa shape index (κ2) is 3.37. The SMILES string of the molecule is COC(=O)C1=C(Br)C2C=CC1N2C(=O)O. The molecule has 80 valence electrons. The number of carbonyl (C=O) groups is 2. The van der Waals surface area contributed by atoms with E-state index in [-0.39, 0.29) is 6.04 Å². The lowest BCUT2D eigenvalue weighted by atomic mass is 10.1.